The van der Waals surface area contributed by atoms with Crippen molar-refractivity contribution in [3.63, 3.8) is 0 Å². The molecule has 1 N–H and O–H groups in total. The average Bonchev–Trinajstić information content (AvgIpc) is 3.20. The number of aryl methyl sites for hydroxylation is 3. The van der Waals surface area contributed by atoms with E-state index >= 15 is 0 Å². The van der Waals surface area contributed by atoms with Crippen LogP contribution in [0.1, 0.15) is 59.6 Å². The van der Waals surface area contributed by atoms with E-state index in [0.717, 1.165) is 28.2 Å². The Hall–Kier alpha value is -3.13. The molecule has 1 atom stereocenters. The molecule has 0 bridgehead atoms. The molecule has 2 aromatic heterocycles. The van der Waals surface area contributed by atoms with Crippen LogP contribution in [-0.4, -0.2) is 31.9 Å². The molecule has 0 fully saturated rings. The first-order valence-corrected chi connectivity index (χ1v) is 10.8. The van der Waals surface area contributed by atoms with Gasteiger partial charge in [-0.1, -0.05) is 22.2 Å². The number of benzene rings is 1. The van der Waals surface area contributed by atoms with Crippen molar-refractivity contribution in [2.24, 2.45) is 0 Å². The zero-order valence-corrected chi connectivity index (χ0v) is 19.4. The summed E-state index contributed by atoms with van der Waals surface area (Å²) in [4.78, 5) is 32.9. The van der Waals surface area contributed by atoms with Gasteiger partial charge in [0.05, 0.1) is 5.69 Å². The predicted octanol–water partition coefficient (Wildman–Crippen LogP) is 4.16. The number of anilines is 1. The number of carbonyl (C=O) groups is 2. The van der Waals surface area contributed by atoms with Crippen LogP contribution in [0, 0.1) is 20.8 Å². The van der Waals surface area contributed by atoms with Gasteiger partial charge in [-0.3, -0.25) is 19.5 Å². The van der Waals surface area contributed by atoms with Crippen LogP contribution < -0.4 is 10.2 Å². The quantitative estimate of drug-likeness (QED) is 0.647. The number of hydrogen-bond donors (Lipinski definition) is 1. The van der Waals surface area contributed by atoms with Crippen LogP contribution in [0.4, 0.5) is 5.69 Å². The van der Waals surface area contributed by atoms with E-state index in [1.165, 1.54) is 4.90 Å². The SMILES string of the molecule is Cc1cc(C)c(N(C(=O)c2csnn2)[C@@H](C(=O)NC(C)(C)C)c2ccncc2)c(C)c1. The molecular formula is C23H27N5O2S. The van der Waals surface area contributed by atoms with Crippen LogP contribution >= 0.6 is 11.5 Å². The first kappa shape index (κ1) is 22.6. The molecule has 0 aliphatic rings. The molecule has 0 saturated heterocycles. The summed E-state index contributed by atoms with van der Waals surface area (Å²) in [7, 11) is 0. The molecule has 7 nitrogen and oxygen atoms in total. The van der Waals surface area contributed by atoms with Gasteiger partial charge < -0.3 is 5.32 Å². The Morgan fingerprint density at radius 1 is 1.06 bits per heavy atom. The largest absolute Gasteiger partial charge is 0.349 e. The summed E-state index contributed by atoms with van der Waals surface area (Å²) < 4.78 is 3.85. The molecule has 0 spiro atoms. The molecule has 0 aliphatic heterocycles. The number of nitrogens with one attached hydrogen (secondary N) is 1. The highest BCUT2D eigenvalue weighted by Crippen LogP contribution is 2.35. The van der Waals surface area contributed by atoms with Gasteiger partial charge in [0.15, 0.2) is 5.69 Å². The first-order chi connectivity index (χ1) is 14.6. The monoisotopic (exact) mass is 437 g/mol. The standard InChI is InChI=1S/C23H27N5O2S/c1-14-11-15(2)19(16(3)12-14)28(22(30)18-13-31-27-26-18)20(17-7-9-24-10-8-17)21(29)25-23(4,5)6/h7-13,20H,1-6H3,(H,25,29)/t20-/m1/s1. The van der Waals surface area contributed by atoms with Crippen molar-refractivity contribution in [2.75, 3.05) is 4.90 Å². The maximum absolute atomic E-state index is 13.7. The van der Waals surface area contributed by atoms with Gasteiger partial charge in [-0.25, -0.2) is 0 Å². The second-order valence-corrected chi connectivity index (χ2v) is 9.24. The fourth-order valence-corrected chi connectivity index (χ4v) is 4.11. The highest BCUT2D eigenvalue weighted by Gasteiger charge is 2.37. The summed E-state index contributed by atoms with van der Waals surface area (Å²) in [5, 5.41) is 8.61. The number of rotatable bonds is 5. The summed E-state index contributed by atoms with van der Waals surface area (Å²) in [6.45, 7) is 11.6. The van der Waals surface area contributed by atoms with Gasteiger partial charge in [0.1, 0.15) is 6.04 Å². The first-order valence-electron chi connectivity index (χ1n) is 9.99. The number of pyridine rings is 1. The molecule has 3 rings (SSSR count). The lowest BCUT2D eigenvalue weighted by Gasteiger charge is -2.35. The number of hydrogen-bond acceptors (Lipinski definition) is 6. The zero-order chi connectivity index (χ0) is 22.8. The van der Waals surface area contributed by atoms with Gasteiger partial charge >= 0.3 is 0 Å². The highest BCUT2D eigenvalue weighted by atomic mass is 32.1. The third-order valence-corrected chi connectivity index (χ3v) is 5.21. The van der Waals surface area contributed by atoms with Crippen LogP contribution in [0.5, 0.6) is 0 Å². The molecule has 2 heterocycles. The second kappa shape index (κ2) is 8.93. The molecular weight excluding hydrogens is 410 g/mol. The van der Waals surface area contributed by atoms with E-state index in [1.807, 2.05) is 53.7 Å². The Labute approximate surface area is 186 Å². The summed E-state index contributed by atoms with van der Waals surface area (Å²) in [5.74, 6) is -0.663. The van der Waals surface area contributed by atoms with Gasteiger partial charge in [-0.2, -0.15) is 0 Å². The third-order valence-electron chi connectivity index (χ3n) is 4.70. The summed E-state index contributed by atoms with van der Waals surface area (Å²) in [5.41, 5.74) is 3.96. The number of carbonyl (C=O) groups excluding carboxylic acids is 2. The minimum Gasteiger partial charge on any atom is -0.349 e. The Balaban J connectivity index is 2.26. The van der Waals surface area contributed by atoms with Crippen molar-refractivity contribution < 1.29 is 9.59 Å². The van der Waals surface area contributed by atoms with Crippen molar-refractivity contribution in [1.29, 1.82) is 0 Å². The van der Waals surface area contributed by atoms with Gasteiger partial charge in [0.2, 0.25) is 5.91 Å². The fourth-order valence-electron chi connectivity index (χ4n) is 3.68. The van der Waals surface area contributed by atoms with E-state index in [-0.39, 0.29) is 17.5 Å². The van der Waals surface area contributed by atoms with E-state index in [2.05, 4.69) is 19.9 Å². The van der Waals surface area contributed by atoms with Crippen LogP contribution in [0.3, 0.4) is 0 Å². The zero-order valence-electron chi connectivity index (χ0n) is 18.6. The van der Waals surface area contributed by atoms with Crippen LogP contribution in [0.2, 0.25) is 0 Å². The molecule has 31 heavy (non-hydrogen) atoms. The maximum atomic E-state index is 13.7. The van der Waals surface area contributed by atoms with Crippen molar-refractivity contribution in [1.82, 2.24) is 19.9 Å². The topological polar surface area (TPSA) is 88.1 Å². The van der Waals surface area contributed by atoms with Gasteiger partial charge in [-0.05, 0) is 81.9 Å². The van der Waals surface area contributed by atoms with E-state index in [9.17, 15) is 9.59 Å². The van der Waals surface area contributed by atoms with Crippen molar-refractivity contribution >= 4 is 29.0 Å². The van der Waals surface area contributed by atoms with Crippen molar-refractivity contribution in [3.05, 3.63) is 70.0 Å². The average molecular weight is 438 g/mol. The molecule has 162 valence electrons. The van der Waals surface area contributed by atoms with E-state index < -0.39 is 11.6 Å². The molecule has 2 amide bonds. The van der Waals surface area contributed by atoms with Gasteiger partial charge in [-0.15, -0.1) is 5.10 Å². The fraction of sp³-hybridized carbons (Fsp3) is 0.348. The van der Waals surface area contributed by atoms with Crippen molar-refractivity contribution in [3.8, 4) is 0 Å². The van der Waals surface area contributed by atoms with Gasteiger partial charge in [0.25, 0.3) is 5.91 Å². The molecule has 1 aromatic carbocycles. The Bertz CT molecular complexity index is 1050. The summed E-state index contributed by atoms with van der Waals surface area (Å²) >= 11 is 1.10. The Kier molecular flexibility index (Phi) is 6.50. The molecule has 0 unspecified atom stereocenters. The third kappa shape index (κ3) is 5.14. The van der Waals surface area contributed by atoms with E-state index in [4.69, 9.17) is 0 Å². The lowest BCUT2D eigenvalue weighted by molar-refractivity contribution is -0.123. The summed E-state index contributed by atoms with van der Waals surface area (Å²) in [6, 6.07) is 6.62. The minimum absolute atomic E-state index is 0.201. The normalized spacial score (nSPS) is 12.3. The van der Waals surface area contributed by atoms with E-state index in [0.29, 0.717) is 11.3 Å². The Morgan fingerprint density at radius 3 is 2.19 bits per heavy atom. The van der Waals surface area contributed by atoms with Gasteiger partial charge in [0, 0.05) is 23.3 Å². The lowest BCUT2D eigenvalue weighted by atomic mass is 9.98. The van der Waals surface area contributed by atoms with Crippen molar-refractivity contribution in [2.45, 2.75) is 53.1 Å². The second-order valence-electron chi connectivity index (χ2n) is 8.63. The smallest absolute Gasteiger partial charge is 0.280 e. The van der Waals surface area contributed by atoms with Crippen LogP contribution in [-0.2, 0) is 4.79 Å². The maximum Gasteiger partial charge on any atom is 0.280 e. The molecule has 8 heteroatoms. The molecule has 3 aromatic rings. The minimum atomic E-state index is -0.906. The molecule has 0 radical (unpaired) electrons. The highest BCUT2D eigenvalue weighted by molar-refractivity contribution is 7.03. The number of amides is 2. The number of nitrogens with zero attached hydrogens (tertiary/aromatic N) is 4. The molecule has 0 saturated carbocycles. The van der Waals surface area contributed by atoms with Crippen LogP contribution in [0.15, 0.2) is 42.0 Å². The summed E-state index contributed by atoms with van der Waals surface area (Å²) in [6.07, 6.45) is 3.24. The predicted molar refractivity (Wildman–Crippen MR) is 122 cm³/mol. The van der Waals surface area contributed by atoms with Crippen LogP contribution in [0.25, 0.3) is 0 Å². The Morgan fingerprint density at radius 2 is 1.68 bits per heavy atom. The number of aromatic nitrogens is 3. The molecule has 0 aliphatic carbocycles. The lowest BCUT2D eigenvalue weighted by Crippen LogP contribution is -2.50. The van der Waals surface area contributed by atoms with E-state index in [1.54, 1.807) is 29.9 Å².